The molecule has 0 bridgehead atoms. The molecule has 2 N–H and O–H groups in total. The van der Waals surface area contributed by atoms with E-state index in [2.05, 4.69) is 22.5 Å². The maximum atomic E-state index is 12.0. The van der Waals surface area contributed by atoms with Gasteiger partial charge in [0.25, 0.3) is 0 Å². The van der Waals surface area contributed by atoms with Crippen molar-refractivity contribution in [2.45, 2.75) is 32.6 Å². The van der Waals surface area contributed by atoms with Gasteiger partial charge in [-0.15, -0.1) is 0 Å². The Morgan fingerprint density at radius 1 is 1.21 bits per heavy atom. The Balaban J connectivity index is 0.00000180. The molecule has 2 amide bonds. The molecule has 1 spiro atoms. The summed E-state index contributed by atoms with van der Waals surface area (Å²) in [5.74, 6) is -0.460. The number of unbranched alkanes of at least 4 members (excludes halogenated alkanes) is 1. The van der Waals surface area contributed by atoms with Gasteiger partial charge < -0.3 is 15.5 Å². The Morgan fingerprint density at radius 3 is 2.21 bits per heavy atom. The van der Waals surface area contributed by atoms with E-state index in [0.717, 1.165) is 32.5 Å². The van der Waals surface area contributed by atoms with Gasteiger partial charge in [0.1, 0.15) is 5.41 Å². The van der Waals surface area contributed by atoms with Crippen molar-refractivity contribution in [1.29, 1.82) is 0 Å². The fourth-order valence-electron chi connectivity index (χ4n) is 2.57. The average Bonchev–Trinajstić information content (AvgIpc) is 2.35. The molecule has 2 fully saturated rings. The molecule has 0 aromatic carbocycles. The fraction of sp³-hybridized carbons (Fsp3) is 0.750. The second-order valence-electron chi connectivity index (χ2n) is 5.01. The summed E-state index contributed by atoms with van der Waals surface area (Å²) in [6.07, 6.45) is 3.49. The third-order valence-corrected chi connectivity index (χ3v) is 4.07. The first-order valence-corrected chi connectivity index (χ1v) is 6.88. The summed E-state index contributed by atoms with van der Waals surface area (Å²) in [6.45, 7) is 4.81. The van der Waals surface area contributed by atoms with Gasteiger partial charge in [-0.05, 0) is 51.1 Å². The summed E-state index contributed by atoms with van der Waals surface area (Å²) in [5.41, 5.74) is -0.898. The number of carbonyl (C=O) groups excluding carboxylic acids is 2. The molecule has 19 heavy (non-hydrogen) atoms. The van der Waals surface area contributed by atoms with Crippen LogP contribution in [0.15, 0.2) is 0 Å². The molecule has 0 saturated carbocycles. The minimum Gasteiger partial charge on any atom is -0.303 e. The van der Waals surface area contributed by atoms with Crippen LogP contribution in [0.1, 0.15) is 32.6 Å². The molecule has 0 aromatic heterocycles. The normalized spacial score (nSPS) is 22.7. The summed E-state index contributed by atoms with van der Waals surface area (Å²) < 4.78 is 0. The molecule has 2 aliphatic heterocycles. The zero-order valence-corrected chi connectivity index (χ0v) is 14.4. The SMILES string of the molecule is CCCCN1CCC2(CC1)C(=O)NC(=S)NC2=O.[Na+]. The number of hydrogen-bond donors (Lipinski definition) is 2. The maximum Gasteiger partial charge on any atom is 1.00 e. The molecular weight excluding hydrogens is 273 g/mol. The van der Waals surface area contributed by atoms with E-state index in [0.29, 0.717) is 12.8 Å². The summed E-state index contributed by atoms with van der Waals surface area (Å²) in [6, 6.07) is 0. The van der Waals surface area contributed by atoms with Crippen molar-refractivity contribution < 1.29 is 39.1 Å². The molecule has 2 saturated heterocycles. The molecule has 0 aromatic rings. The minimum atomic E-state index is -0.898. The number of rotatable bonds is 3. The predicted octanol–water partition coefficient (Wildman–Crippen LogP) is -2.60. The molecular formula is C12H19N3NaO2S+. The van der Waals surface area contributed by atoms with Gasteiger partial charge in [0.15, 0.2) is 5.11 Å². The van der Waals surface area contributed by atoms with E-state index in [4.69, 9.17) is 12.2 Å². The van der Waals surface area contributed by atoms with E-state index in [-0.39, 0.29) is 46.5 Å². The number of piperidine rings is 1. The number of hydrogen-bond acceptors (Lipinski definition) is 4. The van der Waals surface area contributed by atoms with E-state index < -0.39 is 5.41 Å². The van der Waals surface area contributed by atoms with Crippen LogP contribution in [0.5, 0.6) is 0 Å². The van der Waals surface area contributed by atoms with Crippen molar-refractivity contribution in [3.63, 3.8) is 0 Å². The largest absolute Gasteiger partial charge is 1.00 e. The fourth-order valence-corrected chi connectivity index (χ4v) is 2.76. The molecule has 0 unspecified atom stereocenters. The molecule has 2 aliphatic rings. The molecule has 2 rings (SSSR count). The van der Waals surface area contributed by atoms with Crippen molar-refractivity contribution in [3.8, 4) is 0 Å². The van der Waals surface area contributed by atoms with Crippen LogP contribution in [0.3, 0.4) is 0 Å². The zero-order valence-electron chi connectivity index (χ0n) is 11.6. The van der Waals surface area contributed by atoms with Gasteiger partial charge in [-0.25, -0.2) is 0 Å². The number of amides is 2. The predicted molar refractivity (Wildman–Crippen MR) is 71.9 cm³/mol. The topological polar surface area (TPSA) is 61.4 Å². The third-order valence-electron chi connectivity index (χ3n) is 3.86. The van der Waals surface area contributed by atoms with Crippen molar-refractivity contribution in [2.75, 3.05) is 19.6 Å². The second kappa shape index (κ2) is 7.13. The van der Waals surface area contributed by atoms with Crippen LogP contribution in [0.4, 0.5) is 0 Å². The Labute approximate surface area is 141 Å². The van der Waals surface area contributed by atoms with Crippen molar-refractivity contribution in [2.24, 2.45) is 5.41 Å². The molecule has 0 aliphatic carbocycles. The quantitative estimate of drug-likeness (QED) is 0.340. The van der Waals surface area contributed by atoms with Crippen molar-refractivity contribution in [1.82, 2.24) is 15.5 Å². The van der Waals surface area contributed by atoms with Gasteiger partial charge in [-0.2, -0.15) is 0 Å². The smallest absolute Gasteiger partial charge is 0.303 e. The number of thiocarbonyl (C=S) groups is 1. The monoisotopic (exact) mass is 292 g/mol. The Bertz CT molecular complexity index is 359. The van der Waals surface area contributed by atoms with Crippen LogP contribution in [0, 0.1) is 5.41 Å². The Morgan fingerprint density at radius 2 is 1.74 bits per heavy atom. The van der Waals surface area contributed by atoms with Crippen LogP contribution in [0.25, 0.3) is 0 Å². The van der Waals surface area contributed by atoms with Gasteiger partial charge in [-0.3, -0.25) is 9.59 Å². The first-order chi connectivity index (χ1) is 8.58. The van der Waals surface area contributed by atoms with Gasteiger partial charge in [0.2, 0.25) is 11.8 Å². The second-order valence-corrected chi connectivity index (χ2v) is 5.42. The summed E-state index contributed by atoms with van der Waals surface area (Å²) in [5, 5.41) is 5.27. The van der Waals surface area contributed by atoms with Crippen LogP contribution >= 0.6 is 12.2 Å². The van der Waals surface area contributed by atoms with Crippen LogP contribution < -0.4 is 40.2 Å². The first-order valence-electron chi connectivity index (χ1n) is 6.48. The third kappa shape index (κ3) is 3.55. The van der Waals surface area contributed by atoms with E-state index in [1.54, 1.807) is 0 Å². The van der Waals surface area contributed by atoms with Crippen molar-refractivity contribution >= 4 is 29.1 Å². The summed E-state index contributed by atoms with van der Waals surface area (Å²) >= 11 is 4.82. The molecule has 0 atom stereocenters. The summed E-state index contributed by atoms with van der Waals surface area (Å²) in [7, 11) is 0. The van der Waals surface area contributed by atoms with Gasteiger partial charge >= 0.3 is 29.6 Å². The first kappa shape index (κ1) is 17.0. The Kier molecular flexibility index (Phi) is 6.39. The number of likely N-dealkylation sites (tertiary alicyclic amines) is 1. The van der Waals surface area contributed by atoms with Crippen LogP contribution in [-0.4, -0.2) is 41.5 Å². The minimum absolute atomic E-state index is 0. The Hall–Kier alpha value is -0.0100. The standard InChI is InChI=1S/C12H19N3O2S.Na/c1-2-3-6-15-7-4-12(5-8-15)9(16)13-11(18)14-10(12)17;/h2-8H2,1H3,(H2,13,14,16,17,18);/q;+1. The van der Waals surface area contributed by atoms with E-state index in [9.17, 15) is 9.59 Å². The van der Waals surface area contributed by atoms with Crippen LogP contribution in [-0.2, 0) is 9.59 Å². The van der Waals surface area contributed by atoms with Gasteiger partial charge in [-0.1, -0.05) is 13.3 Å². The van der Waals surface area contributed by atoms with Gasteiger partial charge in [0, 0.05) is 0 Å². The van der Waals surface area contributed by atoms with E-state index >= 15 is 0 Å². The number of nitrogens with zero attached hydrogens (tertiary/aromatic N) is 1. The van der Waals surface area contributed by atoms with Gasteiger partial charge in [0.05, 0.1) is 0 Å². The molecule has 100 valence electrons. The molecule has 2 heterocycles. The number of carbonyl (C=O) groups is 2. The average molecular weight is 292 g/mol. The van der Waals surface area contributed by atoms with E-state index in [1.807, 2.05) is 0 Å². The maximum absolute atomic E-state index is 12.0. The molecule has 0 radical (unpaired) electrons. The summed E-state index contributed by atoms with van der Waals surface area (Å²) in [4.78, 5) is 26.4. The van der Waals surface area contributed by atoms with Crippen LogP contribution in [0.2, 0.25) is 0 Å². The zero-order chi connectivity index (χ0) is 13.2. The molecule has 5 nitrogen and oxygen atoms in total. The van der Waals surface area contributed by atoms with Crippen molar-refractivity contribution in [3.05, 3.63) is 0 Å². The van der Waals surface area contributed by atoms with E-state index in [1.165, 1.54) is 0 Å². The molecule has 7 heteroatoms. The number of nitrogens with one attached hydrogen (secondary N) is 2.